The van der Waals surface area contributed by atoms with Crippen LogP contribution in [-0.2, 0) is 6.54 Å². The molecule has 1 rings (SSSR count). The van der Waals surface area contributed by atoms with Crippen LogP contribution < -0.4 is 5.32 Å². The molecule has 0 unspecified atom stereocenters. The molecule has 4 heteroatoms. The van der Waals surface area contributed by atoms with Crippen LogP contribution >= 0.6 is 15.9 Å². The fraction of sp³-hybridized carbons (Fsp3) is 0.625. The van der Waals surface area contributed by atoms with Gasteiger partial charge in [-0.25, -0.2) is 4.98 Å². The van der Waals surface area contributed by atoms with Gasteiger partial charge in [-0.15, -0.1) is 0 Å². The molecule has 2 N–H and O–H groups in total. The summed E-state index contributed by atoms with van der Waals surface area (Å²) in [5.74, 6) is 1.46. The lowest BCUT2D eigenvalue weighted by Crippen LogP contribution is -2.06. The highest BCUT2D eigenvalue weighted by Crippen LogP contribution is 2.21. The Bertz CT molecular complexity index is 255. The summed E-state index contributed by atoms with van der Waals surface area (Å²) < 4.78 is 0.933. The molecule has 0 aromatic carbocycles. The minimum absolute atomic E-state index is 0.484. The number of aromatic amines is 1. The second-order valence-electron chi connectivity index (χ2n) is 3.07. The summed E-state index contributed by atoms with van der Waals surface area (Å²) in [4.78, 5) is 7.58. The highest BCUT2D eigenvalue weighted by Gasteiger charge is 2.09. The molecule has 0 spiro atoms. The SMILES string of the molecule is CNCc1nc(Br)c(C(C)C)[nH]1. The maximum absolute atomic E-state index is 4.32. The first-order valence-corrected chi connectivity index (χ1v) is 4.83. The Kier molecular flexibility index (Phi) is 3.29. The lowest BCUT2D eigenvalue weighted by Gasteiger charge is -1.99. The molecule has 0 bridgehead atoms. The van der Waals surface area contributed by atoms with Gasteiger partial charge in [0.15, 0.2) is 0 Å². The van der Waals surface area contributed by atoms with Crippen LogP contribution in [0.2, 0.25) is 0 Å². The van der Waals surface area contributed by atoms with Crippen LogP contribution in [0.4, 0.5) is 0 Å². The minimum Gasteiger partial charge on any atom is -0.344 e. The number of H-pyrrole nitrogens is 1. The third-order valence-electron chi connectivity index (χ3n) is 1.66. The number of nitrogens with zero attached hydrogens (tertiary/aromatic N) is 1. The third kappa shape index (κ3) is 2.08. The number of hydrogen-bond donors (Lipinski definition) is 2. The summed E-state index contributed by atoms with van der Waals surface area (Å²) in [6.45, 7) is 5.06. The minimum atomic E-state index is 0.484. The molecule has 12 heavy (non-hydrogen) atoms. The van der Waals surface area contributed by atoms with Crippen molar-refractivity contribution in [3.63, 3.8) is 0 Å². The molecule has 1 heterocycles. The molecule has 0 radical (unpaired) electrons. The Morgan fingerprint density at radius 1 is 1.58 bits per heavy atom. The van der Waals surface area contributed by atoms with Gasteiger partial charge in [0, 0.05) is 0 Å². The average molecular weight is 232 g/mol. The van der Waals surface area contributed by atoms with Gasteiger partial charge in [-0.3, -0.25) is 0 Å². The molecule has 0 amide bonds. The number of imidazole rings is 1. The van der Waals surface area contributed by atoms with E-state index in [1.165, 1.54) is 5.69 Å². The van der Waals surface area contributed by atoms with Gasteiger partial charge in [-0.1, -0.05) is 13.8 Å². The molecular formula is C8H14BrN3. The van der Waals surface area contributed by atoms with E-state index in [0.29, 0.717) is 5.92 Å². The zero-order chi connectivity index (χ0) is 9.14. The van der Waals surface area contributed by atoms with E-state index in [1.54, 1.807) is 0 Å². The number of halogens is 1. The van der Waals surface area contributed by atoms with Gasteiger partial charge in [0.1, 0.15) is 10.4 Å². The topological polar surface area (TPSA) is 40.7 Å². The van der Waals surface area contributed by atoms with E-state index in [4.69, 9.17) is 0 Å². The number of hydrogen-bond acceptors (Lipinski definition) is 2. The van der Waals surface area contributed by atoms with E-state index in [2.05, 4.69) is 45.1 Å². The summed E-state index contributed by atoms with van der Waals surface area (Å²) in [7, 11) is 1.91. The first kappa shape index (κ1) is 9.74. The zero-order valence-corrected chi connectivity index (χ0v) is 9.20. The van der Waals surface area contributed by atoms with Gasteiger partial charge >= 0.3 is 0 Å². The van der Waals surface area contributed by atoms with E-state index in [1.807, 2.05) is 7.05 Å². The third-order valence-corrected chi connectivity index (χ3v) is 2.26. The number of aromatic nitrogens is 2. The molecule has 0 aliphatic carbocycles. The van der Waals surface area contributed by atoms with Crippen LogP contribution in [-0.4, -0.2) is 17.0 Å². The highest BCUT2D eigenvalue weighted by atomic mass is 79.9. The zero-order valence-electron chi connectivity index (χ0n) is 7.61. The highest BCUT2D eigenvalue weighted by molar-refractivity contribution is 9.10. The van der Waals surface area contributed by atoms with Crippen molar-refractivity contribution in [1.82, 2.24) is 15.3 Å². The molecule has 3 nitrogen and oxygen atoms in total. The predicted octanol–water partition coefficient (Wildman–Crippen LogP) is 2.02. The van der Waals surface area contributed by atoms with Crippen molar-refractivity contribution in [1.29, 1.82) is 0 Å². The first-order chi connectivity index (χ1) is 5.65. The van der Waals surface area contributed by atoms with Crippen LogP contribution in [0.1, 0.15) is 31.3 Å². The van der Waals surface area contributed by atoms with E-state index < -0.39 is 0 Å². The van der Waals surface area contributed by atoms with Crippen molar-refractivity contribution in [2.45, 2.75) is 26.3 Å². The summed E-state index contributed by atoms with van der Waals surface area (Å²) in [5.41, 5.74) is 1.17. The van der Waals surface area contributed by atoms with Gasteiger partial charge in [0.25, 0.3) is 0 Å². The Morgan fingerprint density at radius 2 is 2.25 bits per heavy atom. The molecular weight excluding hydrogens is 218 g/mol. The van der Waals surface area contributed by atoms with Crippen molar-refractivity contribution in [3.05, 3.63) is 16.1 Å². The van der Waals surface area contributed by atoms with Crippen LogP contribution in [0, 0.1) is 0 Å². The molecule has 0 saturated heterocycles. The molecule has 0 atom stereocenters. The Labute approximate surface area is 81.1 Å². The molecule has 68 valence electrons. The second kappa shape index (κ2) is 4.05. The Hall–Kier alpha value is -0.350. The number of rotatable bonds is 3. The van der Waals surface area contributed by atoms with Crippen LogP contribution in [0.15, 0.2) is 4.60 Å². The van der Waals surface area contributed by atoms with Gasteiger partial charge in [-0.05, 0) is 28.9 Å². The monoisotopic (exact) mass is 231 g/mol. The van der Waals surface area contributed by atoms with E-state index in [0.717, 1.165) is 17.0 Å². The standard InChI is InChI=1S/C8H14BrN3/c1-5(2)7-8(9)12-6(11-7)4-10-3/h5,10H,4H2,1-3H3,(H,11,12). The van der Waals surface area contributed by atoms with Crippen LogP contribution in [0.3, 0.4) is 0 Å². The molecule has 0 fully saturated rings. The van der Waals surface area contributed by atoms with Crippen molar-refractivity contribution in [2.75, 3.05) is 7.05 Å². The predicted molar refractivity (Wildman–Crippen MR) is 53.1 cm³/mol. The molecule has 0 aliphatic heterocycles. The van der Waals surface area contributed by atoms with Gasteiger partial charge in [0.2, 0.25) is 0 Å². The van der Waals surface area contributed by atoms with Crippen molar-refractivity contribution in [2.24, 2.45) is 0 Å². The van der Waals surface area contributed by atoms with E-state index in [-0.39, 0.29) is 0 Å². The van der Waals surface area contributed by atoms with Gasteiger partial charge in [-0.2, -0.15) is 0 Å². The van der Waals surface area contributed by atoms with Crippen LogP contribution in [0.5, 0.6) is 0 Å². The molecule has 0 aliphatic rings. The lowest BCUT2D eigenvalue weighted by atomic mass is 10.2. The number of nitrogens with one attached hydrogen (secondary N) is 2. The lowest BCUT2D eigenvalue weighted by molar-refractivity contribution is 0.758. The smallest absolute Gasteiger partial charge is 0.127 e. The summed E-state index contributed by atoms with van der Waals surface area (Å²) in [6.07, 6.45) is 0. The molecule has 1 aromatic heterocycles. The summed E-state index contributed by atoms with van der Waals surface area (Å²) >= 11 is 3.42. The maximum atomic E-state index is 4.32. The largest absolute Gasteiger partial charge is 0.344 e. The average Bonchev–Trinajstić information content (AvgIpc) is 2.32. The van der Waals surface area contributed by atoms with Crippen LogP contribution in [0.25, 0.3) is 0 Å². The molecule has 1 aromatic rings. The van der Waals surface area contributed by atoms with Gasteiger partial charge < -0.3 is 10.3 Å². The quantitative estimate of drug-likeness (QED) is 0.836. The second-order valence-corrected chi connectivity index (χ2v) is 3.82. The van der Waals surface area contributed by atoms with Crippen molar-refractivity contribution < 1.29 is 0 Å². The van der Waals surface area contributed by atoms with E-state index >= 15 is 0 Å². The summed E-state index contributed by atoms with van der Waals surface area (Å²) in [6, 6.07) is 0. The maximum Gasteiger partial charge on any atom is 0.127 e. The Balaban J connectivity index is 2.85. The first-order valence-electron chi connectivity index (χ1n) is 4.04. The fourth-order valence-electron chi connectivity index (χ4n) is 1.05. The van der Waals surface area contributed by atoms with E-state index in [9.17, 15) is 0 Å². The van der Waals surface area contributed by atoms with Gasteiger partial charge in [0.05, 0.1) is 12.2 Å². The normalized spacial score (nSPS) is 11.1. The van der Waals surface area contributed by atoms with Crippen molar-refractivity contribution in [3.8, 4) is 0 Å². The fourth-order valence-corrected chi connectivity index (χ4v) is 1.82. The Morgan fingerprint density at radius 3 is 2.67 bits per heavy atom. The summed E-state index contributed by atoms with van der Waals surface area (Å²) in [5, 5.41) is 3.05. The van der Waals surface area contributed by atoms with Crippen molar-refractivity contribution >= 4 is 15.9 Å². The molecule has 0 saturated carbocycles.